The summed E-state index contributed by atoms with van der Waals surface area (Å²) in [5.41, 5.74) is 4.59. The van der Waals surface area contributed by atoms with Gasteiger partial charge >= 0.3 is 0 Å². The molecule has 0 saturated heterocycles. The second-order valence-electron chi connectivity index (χ2n) is 6.91. The van der Waals surface area contributed by atoms with Crippen LogP contribution in [0.15, 0.2) is 36.7 Å². The highest BCUT2D eigenvalue weighted by molar-refractivity contribution is 5.63. The van der Waals surface area contributed by atoms with E-state index in [1.807, 2.05) is 60.4 Å². The maximum atomic E-state index is 5.37. The highest BCUT2D eigenvalue weighted by Gasteiger charge is 2.15. The Bertz CT molecular complexity index is 1160. The van der Waals surface area contributed by atoms with Crippen molar-refractivity contribution in [1.29, 1.82) is 0 Å². The van der Waals surface area contributed by atoms with E-state index in [1.165, 1.54) is 0 Å². The zero-order chi connectivity index (χ0) is 20.5. The van der Waals surface area contributed by atoms with Crippen molar-refractivity contribution >= 4 is 11.5 Å². The van der Waals surface area contributed by atoms with E-state index in [-0.39, 0.29) is 0 Å². The number of fused-ring (bicyclic) bond motifs is 1. The maximum Gasteiger partial charge on any atom is 0.160 e. The van der Waals surface area contributed by atoms with Crippen LogP contribution in [0.3, 0.4) is 0 Å². The Balaban J connectivity index is 1.72. The summed E-state index contributed by atoms with van der Waals surface area (Å²) in [6.45, 7) is 4.63. The fraction of sp³-hybridized carbons (Fsp3) is 0.286. The molecular formula is C21H24N6O2. The number of nitrogens with zero attached hydrogens (tertiary/aromatic N) is 5. The number of anilines is 1. The fourth-order valence-electron chi connectivity index (χ4n) is 3.28. The highest BCUT2D eigenvalue weighted by atomic mass is 16.5. The molecule has 8 heteroatoms. The molecule has 0 fully saturated rings. The first kappa shape index (κ1) is 18.8. The van der Waals surface area contributed by atoms with Gasteiger partial charge in [0, 0.05) is 49.4 Å². The molecule has 8 nitrogen and oxygen atoms in total. The van der Waals surface area contributed by atoms with E-state index >= 15 is 0 Å². The molecule has 0 bridgehead atoms. The number of rotatable bonds is 6. The quantitative estimate of drug-likeness (QED) is 0.542. The second kappa shape index (κ2) is 7.46. The van der Waals surface area contributed by atoms with E-state index in [2.05, 4.69) is 15.3 Å². The van der Waals surface area contributed by atoms with E-state index in [0.717, 1.165) is 51.3 Å². The average Bonchev–Trinajstić information content (AvgIpc) is 3.33. The Morgan fingerprint density at radius 3 is 2.38 bits per heavy atom. The van der Waals surface area contributed by atoms with E-state index in [9.17, 15) is 0 Å². The molecule has 0 aliphatic rings. The normalized spacial score (nSPS) is 11.1. The van der Waals surface area contributed by atoms with Gasteiger partial charge in [-0.15, -0.1) is 0 Å². The van der Waals surface area contributed by atoms with Gasteiger partial charge < -0.3 is 19.4 Å². The third-order valence-corrected chi connectivity index (χ3v) is 5.00. The van der Waals surface area contributed by atoms with Crippen LogP contribution in [0.1, 0.15) is 16.8 Å². The van der Waals surface area contributed by atoms with Gasteiger partial charge in [0.2, 0.25) is 0 Å². The first-order chi connectivity index (χ1) is 14.0. The van der Waals surface area contributed by atoms with E-state index < -0.39 is 0 Å². The first-order valence-electron chi connectivity index (χ1n) is 9.30. The van der Waals surface area contributed by atoms with Gasteiger partial charge in [-0.25, -0.2) is 9.97 Å². The first-order valence-corrected chi connectivity index (χ1v) is 9.30. The van der Waals surface area contributed by atoms with Crippen molar-refractivity contribution in [1.82, 2.24) is 24.1 Å². The molecule has 4 aromatic rings. The van der Waals surface area contributed by atoms with Crippen molar-refractivity contribution in [3.8, 4) is 23.0 Å². The van der Waals surface area contributed by atoms with E-state index in [0.29, 0.717) is 6.54 Å². The van der Waals surface area contributed by atoms with Crippen LogP contribution in [0.25, 0.3) is 17.2 Å². The van der Waals surface area contributed by atoms with Crippen LogP contribution in [0.2, 0.25) is 0 Å². The molecule has 0 saturated carbocycles. The Kier molecular flexibility index (Phi) is 4.84. The summed E-state index contributed by atoms with van der Waals surface area (Å²) < 4.78 is 14.5. The number of aromatic nitrogens is 5. The van der Waals surface area contributed by atoms with Crippen LogP contribution in [0.4, 0.5) is 5.82 Å². The molecule has 4 rings (SSSR count). The Hall–Kier alpha value is -3.55. The van der Waals surface area contributed by atoms with Gasteiger partial charge in [0.05, 0.1) is 14.2 Å². The van der Waals surface area contributed by atoms with Crippen molar-refractivity contribution in [3.05, 3.63) is 53.5 Å². The highest BCUT2D eigenvalue weighted by Crippen LogP contribution is 2.26. The number of imidazole rings is 1. The molecule has 0 radical (unpaired) electrons. The summed E-state index contributed by atoms with van der Waals surface area (Å²) in [6, 6.07) is 7.78. The minimum atomic E-state index is 0.588. The maximum absolute atomic E-state index is 5.37. The molecule has 29 heavy (non-hydrogen) atoms. The third kappa shape index (κ3) is 3.49. The van der Waals surface area contributed by atoms with Crippen molar-refractivity contribution in [2.75, 3.05) is 19.5 Å². The summed E-state index contributed by atoms with van der Waals surface area (Å²) in [5.74, 6) is 3.21. The lowest BCUT2D eigenvalue weighted by molar-refractivity contribution is 0.393. The van der Waals surface area contributed by atoms with Crippen LogP contribution in [0, 0.1) is 13.8 Å². The van der Waals surface area contributed by atoms with Gasteiger partial charge in [-0.05, 0) is 31.5 Å². The number of hydrogen-bond donors (Lipinski definition) is 1. The lowest BCUT2D eigenvalue weighted by Crippen LogP contribution is -2.10. The summed E-state index contributed by atoms with van der Waals surface area (Å²) in [4.78, 5) is 9.09. The average molecular weight is 392 g/mol. The minimum Gasteiger partial charge on any atom is -0.497 e. The van der Waals surface area contributed by atoms with Crippen molar-refractivity contribution in [2.45, 2.75) is 20.4 Å². The predicted octanol–water partition coefficient (Wildman–Crippen LogP) is 3.38. The van der Waals surface area contributed by atoms with Crippen molar-refractivity contribution in [3.63, 3.8) is 0 Å². The minimum absolute atomic E-state index is 0.588. The van der Waals surface area contributed by atoms with Crippen LogP contribution < -0.4 is 14.8 Å². The van der Waals surface area contributed by atoms with Gasteiger partial charge in [0.1, 0.15) is 23.0 Å². The third-order valence-electron chi connectivity index (χ3n) is 5.00. The van der Waals surface area contributed by atoms with Crippen LogP contribution >= 0.6 is 0 Å². The molecule has 0 aliphatic carbocycles. The Morgan fingerprint density at radius 2 is 1.76 bits per heavy atom. The van der Waals surface area contributed by atoms with Gasteiger partial charge in [0.15, 0.2) is 11.5 Å². The molecule has 150 valence electrons. The van der Waals surface area contributed by atoms with Gasteiger partial charge in [-0.1, -0.05) is 0 Å². The van der Waals surface area contributed by atoms with E-state index in [4.69, 9.17) is 14.6 Å². The zero-order valence-electron chi connectivity index (χ0n) is 17.2. The van der Waals surface area contributed by atoms with Gasteiger partial charge in [-0.3, -0.25) is 0 Å². The molecule has 1 aromatic carbocycles. The Labute approximate surface area is 169 Å². The molecule has 0 aliphatic heterocycles. The smallest absolute Gasteiger partial charge is 0.160 e. The molecule has 0 spiro atoms. The molecular weight excluding hydrogens is 368 g/mol. The standard InChI is InChI=1S/C21H24N6O2/c1-13-14(2)24-19-11-18(21-22-6-7-26(21)3)25-27(19)20(13)23-12-15-8-16(28-4)10-17(9-15)29-5/h6-11,23H,12H2,1-5H3. The van der Waals surface area contributed by atoms with Crippen LogP contribution in [-0.4, -0.2) is 38.4 Å². The number of aryl methyl sites for hydroxylation is 2. The summed E-state index contributed by atoms with van der Waals surface area (Å²) >= 11 is 0. The SMILES string of the molecule is COc1cc(CNc2c(C)c(C)nc3cc(-c4nccn4C)nn23)cc(OC)c1. The fourth-order valence-corrected chi connectivity index (χ4v) is 3.28. The number of methoxy groups -OCH3 is 2. The largest absolute Gasteiger partial charge is 0.497 e. The number of benzene rings is 1. The number of ether oxygens (including phenoxy) is 2. The van der Waals surface area contributed by atoms with Crippen LogP contribution in [-0.2, 0) is 13.6 Å². The molecule has 0 atom stereocenters. The van der Waals surface area contributed by atoms with Crippen molar-refractivity contribution in [2.24, 2.45) is 7.05 Å². The Morgan fingerprint density at radius 1 is 1.03 bits per heavy atom. The van der Waals surface area contributed by atoms with E-state index in [1.54, 1.807) is 20.4 Å². The van der Waals surface area contributed by atoms with Crippen molar-refractivity contribution < 1.29 is 9.47 Å². The lowest BCUT2D eigenvalue weighted by atomic mass is 10.2. The predicted molar refractivity (Wildman–Crippen MR) is 112 cm³/mol. The topological polar surface area (TPSA) is 78.5 Å². The number of hydrogen-bond acceptors (Lipinski definition) is 6. The monoisotopic (exact) mass is 392 g/mol. The lowest BCUT2D eigenvalue weighted by Gasteiger charge is -2.14. The summed E-state index contributed by atoms with van der Waals surface area (Å²) in [6.07, 6.45) is 3.66. The molecule has 1 N–H and O–H groups in total. The molecule has 0 amide bonds. The summed E-state index contributed by atoms with van der Waals surface area (Å²) in [5, 5.41) is 8.27. The second-order valence-corrected chi connectivity index (χ2v) is 6.91. The number of nitrogens with one attached hydrogen (secondary N) is 1. The molecule has 3 heterocycles. The molecule has 0 unspecified atom stereocenters. The summed E-state index contributed by atoms with van der Waals surface area (Å²) in [7, 11) is 5.25. The van der Waals surface area contributed by atoms with Gasteiger partial charge in [0.25, 0.3) is 0 Å². The van der Waals surface area contributed by atoms with Gasteiger partial charge in [-0.2, -0.15) is 9.61 Å². The van der Waals surface area contributed by atoms with Crippen LogP contribution in [0.5, 0.6) is 11.5 Å². The molecule has 3 aromatic heterocycles. The zero-order valence-corrected chi connectivity index (χ0v) is 17.2.